The number of carbonyl (C=O) groups excluding carboxylic acids is 1. The molecule has 0 aliphatic rings. The number of benzene rings is 1. The first-order valence-electron chi connectivity index (χ1n) is 7.70. The Morgan fingerprint density at radius 1 is 1.09 bits per heavy atom. The highest BCUT2D eigenvalue weighted by molar-refractivity contribution is 5.73. The van der Waals surface area contributed by atoms with Crippen molar-refractivity contribution in [2.24, 2.45) is 0 Å². The molecule has 0 saturated carbocycles. The topological polar surface area (TPSA) is 54.5 Å². The van der Waals surface area contributed by atoms with Crippen LogP contribution in [0.4, 0.5) is 4.79 Å². The summed E-state index contributed by atoms with van der Waals surface area (Å²) in [7, 11) is 3.46. The molecule has 122 valence electrons. The van der Waals surface area contributed by atoms with Crippen LogP contribution >= 0.6 is 0 Å². The highest BCUT2D eigenvalue weighted by Crippen LogP contribution is 2.11. The third-order valence-electron chi connectivity index (χ3n) is 3.68. The number of hydrogen-bond acceptors (Lipinski definition) is 3. The average Bonchev–Trinajstić information content (AvgIpc) is 2.61. The van der Waals surface area contributed by atoms with Crippen LogP contribution in [-0.4, -0.2) is 43.2 Å². The summed E-state index contributed by atoms with van der Waals surface area (Å²) in [5.41, 5.74) is 2.35. The van der Waals surface area contributed by atoms with Gasteiger partial charge in [-0.05, 0) is 48.2 Å². The number of carbonyl (C=O) groups is 1. The average molecular weight is 313 g/mol. The van der Waals surface area contributed by atoms with E-state index in [0.717, 1.165) is 18.6 Å². The highest BCUT2D eigenvalue weighted by atomic mass is 16.5. The van der Waals surface area contributed by atoms with Crippen LogP contribution in [0.25, 0.3) is 0 Å². The molecule has 0 atom stereocenters. The van der Waals surface area contributed by atoms with Crippen LogP contribution in [0, 0.1) is 0 Å². The first-order valence-corrected chi connectivity index (χ1v) is 7.70. The number of methoxy groups -OCH3 is 1. The summed E-state index contributed by atoms with van der Waals surface area (Å²) in [5, 5.41) is 2.94. The largest absolute Gasteiger partial charge is 0.497 e. The van der Waals surface area contributed by atoms with Crippen molar-refractivity contribution in [2.45, 2.75) is 12.8 Å². The Morgan fingerprint density at radius 2 is 1.74 bits per heavy atom. The van der Waals surface area contributed by atoms with Crippen LogP contribution in [0.15, 0.2) is 48.8 Å². The zero-order valence-electron chi connectivity index (χ0n) is 13.7. The molecule has 2 aromatic rings. The summed E-state index contributed by atoms with van der Waals surface area (Å²) >= 11 is 0. The van der Waals surface area contributed by atoms with E-state index in [1.54, 1.807) is 24.4 Å². The molecule has 5 heteroatoms. The van der Waals surface area contributed by atoms with Crippen LogP contribution in [0.2, 0.25) is 0 Å². The van der Waals surface area contributed by atoms with Crippen LogP contribution in [0.1, 0.15) is 11.1 Å². The fourth-order valence-electron chi connectivity index (χ4n) is 2.19. The van der Waals surface area contributed by atoms with Crippen molar-refractivity contribution in [1.82, 2.24) is 15.2 Å². The number of pyridine rings is 1. The van der Waals surface area contributed by atoms with E-state index < -0.39 is 0 Å². The standard InChI is InChI=1S/C18H23N3O2/c1-21(14-10-16-7-11-19-12-8-16)18(22)20-13-9-15-3-5-17(23-2)6-4-15/h3-8,11-12H,9-10,13-14H2,1-2H3,(H,20,22). The molecule has 0 unspecified atom stereocenters. The van der Waals surface area contributed by atoms with Crippen molar-refractivity contribution in [3.8, 4) is 5.75 Å². The lowest BCUT2D eigenvalue weighted by Crippen LogP contribution is -2.39. The molecule has 0 spiro atoms. The fourth-order valence-corrected chi connectivity index (χ4v) is 2.19. The molecule has 0 aliphatic carbocycles. The number of aromatic nitrogens is 1. The predicted octanol–water partition coefficient (Wildman–Crippen LogP) is 2.52. The van der Waals surface area contributed by atoms with E-state index in [-0.39, 0.29) is 6.03 Å². The van der Waals surface area contributed by atoms with E-state index in [2.05, 4.69) is 10.3 Å². The molecule has 0 saturated heterocycles. The number of hydrogen-bond donors (Lipinski definition) is 1. The molecule has 5 nitrogen and oxygen atoms in total. The van der Waals surface area contributed by atoms with Crippen molar-refractivity contribution < 1.29 is 9.53 Å². The van der Waals surface area contributed by atoms with Crippen molar-refractivity contribution in [3.05, 3.63) is 59.9 Å². The quantitative estimate of drug-likeness (QED) is 0.854. The molecule has 0 radical (unpaired) electrons. The second-order valence-corrected chi connectivity index (χ2v) is 5.36. The smallest absolute Gasteiger partial charge is 0.317 e. The van der Waals surface area contributed by atoms with E-state index in [1.807, 2.05) is 43.4 Å². The number of likely N-dealkylation sites (N-methyl/N-ethyl adjacent to an activating group) is 1. The Labute approximate surface area is 137 Å². The number of ether oxygens (including phenoxy) is 1. The summed E-state index contributed by atoms with van der Waals surface area (Å²) in [5.74, 6) is 0.841. The minimum atomic E-state index is -0.0485. The van der Waals surface area contributed by atoms with E-state index >= 15 is 0 Å². The van der Waals surface area contributed by atoms with Gasteiger partial charge in [0, 0.05) is 32.5 Å². The van der Waals surface area contributed by atoms with E-state index in [1.165, 1.54) is 11.1 Å². The second kappa shape index (κ2) is 8.78. The number of nitrogens with one attached hydrogen (secondary N) is 1. The lowest BCUT2D eigenvalue weighted by atomic mass is 10.1. The summed E-state index contributed by atoms with van der Waals surface area (Å²) < 4.78 is 5.13. The van der Waals surface area contributed by atoms with Crippen molar-refractivity contribution in [3.63, 3.8) is 0 Å². The normalized spacial score (nSPS) is 10.2. The first-order chi connectivity index (χ1) is 11.2. The molecular weight excluding hydrogens is 290 g/mol. The lowest BCUT2D eigenvalue weighted by molar-refractivity contribution is 0.209. The van der Waals surface area contributed by atoms with Crippen LogP contribution < -0.4 is 10.1 Å². The van der Waals surface area contributed by atoms with Gasteiger partial charge in [0.2, 0.25) is 0 Å². The minimum Gasteiger partial charge on any atom is -0.497 e. The van der Waals surface area contributed by atoms with Crippen molar-refractivity contribution in [2.75, 3.05) is 27.2 Å². The SMILES string of the molecule is COc1ccc(CCNC(=O)N(C)CCc2ccncc2)cc1. The first kappa shape index (κ1) is 16.8. The Bertz CT molecular complexity index is 599. The van der Waals surface area contributed by atoms with Crippen molar-refractivity contribution in [1.29, 1.82) is 0 Å². The van der Waals surface area contributed by atoms with Gasteiger partial charge in [0.15, 0.2) is 0 Å². The zero-order chi connectivity index (χ0) is 16.5. The second-order valence-electron chi connectivity index (χ2n) is 5.36. The molecule has 0 aliphatic heterocycles. The van der Waals surface area contributed by atoms with Gasteiger partial charge in [0.25, 0.3) is 0 Å². The molecule has 1 aromatic carbocycles. The maximum absolute atomic E-state index is 12.0. The zero-order valence-corrected chi connectivity index (χ0v) is 13.7. The Kier molecular flexibility index (Phi) is 6.41. The summed E-state index contributed by atoms with van der Waals surface area (Å²) in [4.78, 5) is 17.7. The molecule has 0 bridgehead atoms. The Hall–Kier alpha value is -2.56. The fraction of sp³-hybridized carbons (Fsp3) is 0.333. The van der Waals surface area contributed by atoms with Gasteiger partial charge in [-0.2, -0.15) is 0 Å². The number of rotatable bonds is 7. The predicted molar refractivity (Wildman–Crippen MR) is 90.7 cm³/mol. The van der Waals surface area contributed by atoms with E-state index in [4.69, 9.17) is 4.74 Å². The lowest BCUT2D eigenvalue weighted by Gasteiger charge is -2.18. The molecule has 1 N–H and O–H groups in total. The van der Waals surface area contributed by atoms with Gasteiger partial charge in [-0.15, -0.1) is 0 Å². The number of amides is 2. The molecule has 2 amide bonds. The Balaban J connectivity index is 1.69. The van der Waals surface area contributed by atoms with E-state index in [0.29, 0.717) is 13.1 Å². The maximum Gasteiger partial charge on any atom is 0.317 e. The van der Waals surface area contributed by atoms with Gasteiger partial charge in [-0.3, -0.25) is 4.98 Å². The van der Waals surface area contributed by atoms with Gasteiger partial charge < -0.3 is 15.0 Å². The van der Waals surface area contributed by atoms with Crippen LogP contribution in [0.3, 0.4) is 0 Å². The third kappa shape index (κ3) is 5.62. The summed E-state index contributed by atoms with van der Waals surface area (Å²) in [6.45, 7) is 1.29. The maximum atomic E-state index is 12.0. The molecular formula is C18H23N3O2. The molecule has 23 heavy (non-hydrogen) atoms. The molecule has 1 heterocycles. The highest BCUT2D eigenvalue weighted by Gasteiger charge is 2.07. The van der Waals surface area contributed by atoms with Crippen molar-refractivity contribution >= 4 is 6.03 Å². The third-order valence-corrected chi connectivity index (χ3v) is 3.68. The van der Waals surface area contributed by atoms with Gasteiger partial charge in [0.1, 0.15) is 5.75 Å². The molecule has 2 rings (SSSR count). The van der Waals surface area contributed by atoms with Gasteiger partial charge in [-0.1, -0.05) is 12.1 Å². The van der Waals surface area contributed by atoms with Gasteiger partial charge in [0.05, 0.1) is 7.11 Å². The Morgan fingerprint density at radius 3 is 2.39 bits per heavy atom. The van der Waals surface area contributed by atoms with Crippen LogP contribution in [-0.2, 0) is 12.8 Å². The number of urea groups is 1. The monoisotopic (exact) mass is 313 g/mol. The van der Waals surface area contributed by atoms with Gasteiger partial charge in [-0.25, -0.2) is 4.79 Å². The summed E-state index contributed by atoms with van der Waals surface area (Å²) in [6.07, 6.45) is 5.16. The molecule has 1 aromatic heterocycles. The molecule has 0 fully saturated rings. The summed E-state index contributed by atoms with van der Waals surface area (Å²) in [6, 6.07) is 11.8. The van der Waals surface area contributed by atoms with Crippen LogP contribution in [0.5, 0.6) is 5.75 Å². The van der Waals surface area contributed by atoms with Gasteiger partial charge >= 0.3 is 6.03 Å². The minimum absolute atomic E-state index is 0.0485. The number of nitrogens with zero attached hydrogens (tertiary/aromatic N) is 2. The van der Waals surface area contributed by atoms with E-state index in [9.17, 15) is 4.79 Å².